The van der Waals surface area contributed by atoms with Gasteiger partial charge in [-0.25, -0.2) is 0 Å². The van der Waals surface area contributed by atoms with Crippen LogP contribution in [0.15, 0.2) is 11.6 Å². The van der Waals surface area contributed by atoms with Gasteiger partial charge in [0, 0.05) is 13.1 Å². The first-order chi connectivity index (χ1) is 6.09. The van der Waals surface area contributed by atoms with Crippen molar-refractivity contribution < 1.29 is 9.53 Å². The van der Waals surface area contributed by atoms with Crippen molar-refractivity contribution in [1.29, 1.82) is 0 Å². The van der Waals surface area contributed by atoms with Crippen LogP contribution < -0.4 is 5.32 Å². The van der Waals surface area contributed by atoms with Gasteiger partial charge >= 0.3 is 5.97 Å². The fourth-order valence-corrected chi connectivity index (χ4v) is 1.39. The first-order valence-electron chi connectivity index (χ1n) is 4.66. The van der Waals surface area contributed by atoms with E-state index in [0.717, 1.165) is 18.7 Å². The molecule has 1 aliphatic heterocycles. The van der Waals surface area contributed by atoms with Crippen molar-refractivity contribution in [3.8, 4) is 0 Å². The lowest BCUT2D eigenvalue weighted by atomic mass is 9.85. The molecule has 0 bridgehead atoms. The molecule has 0 radical (unpaired) electrons. The van der Waals surface area contributed by atoms with E-state index >= 15 is 0 Å². The molecule has 74 valence electrons. The Balaban J connectivity index is 2.68. The first kappa shape index (κ1) is 10.3. The van der Waals surface area contributed by atoms with Gasteiger partial charge in [-0.2, -0.15) is 0 Å². The lowest BCUT2D eigenvalue weighted by Crippen LogP contribution is -2.30. The van der Waals surface area contributed by atoms with Gasteiger partial charge in [0.05, 0.1) is 12.0 Å². The normalized spacial score (nSPS) is 17.0. The molecule has 0 fully saturated rings. The van der Waals surface area contributed by atoms with E-state index in [-0.39, 0.29) is 5.97 Å². The maximum absolute atomic E-state index is 11.6. The summed E-state index contributed by atoms with van der Waals surface area (Å²) in [6.07, 6.45) is 2.07. The minimum absolute atomic E-state index is 0.134. The van der Waals surface area contributed by atoms with Crippen LogP contribution in [0.25, 0.3) is 0 Å². The molecule has 3 heteroatoms. The predicted octanol–water partition coefficient (Wildman–Crippen LogP) is 1.11. The molecule has 3 nitrogen and oxygen atoms in total. The van der Waals surface area contributed by atoms with Crippen molar-refractivity contribution in [2.24, 2.45) is 5.41 Å². The van der Waals surface area contributed by atoms with Crippen LogP contribution in [-0.2, 0) is 9.53 Å². The van der Waals surface area contributed by atoms with Crippen LogP contribution in [0.2, 0.25) is 0 Å². The summed E-state index contributed by atoms with van der Waals surface area (Å²) in [4.78, 5) is 11.6. The van der Waals surface area contributed by atoms with Crippen molar-refractivity contribution in [3.63, 3.8) is 0 Å². The zero-order valence-corrected chi connectivity index (χ0v) is 8.52. The van der Waals surface area contributed by atoms with Crippen molar-refractivity contribution in [3.05, 3.63) is 11.6 Å². The van der Waals surface area contributed by atoms with E-state index in [1.807, 2.05) is 20.8 Å². The molecule has 1 rings (SSSR count). The third-order valence-electron chi connectivity index (χ3n) is 2.40. The molecular formula is C10H17NO2. The number of rotatable bonds is 3. The number of ether oxygens (including phenoxy) is 1. The van der Waals surface area contributed by atoms with Crippen LogP contribution in [0, 0.1) is 5.41 Å². The topological polar surface area (TPSA) is 38.3 Å². The summed E-state index contributed by atoms with van der Waals surface area (Å²) in [7, 11) is 0. The van der Waals surface area contributed by atoms with Gasteiger partial charge in [-0.3, -0.25) is 4.79 Å². The van der Waals surface area contributed by atoms with Gasteiger partial charge in [-0.15, -0.1) is 0 Å². The molecule has 1 heterocycles. The Hall–Kier alpha value is -0.830. The number of carbonyl (C=O) groups excluding carboxylic acids is 1. The molecule has 0 unspecified atom stereocenters. The monoisotopic (exact) mass is 183 g/mol. The smallest absolute Gasteiger partial charge is 0.315 e. The second-order valence-corrected chi connectivity index (χ2v) is 3.71. The minimum atomic E-state index is -0.473. The van der Waals surface area contributed by atoms with Crippen molar-refractivity contribution in [2.75, 3.05) is 19.7 Å². The molecule has 0 spiro atoms. The summed E-state index contributed by atoms with van der Waals surface area (Å²) < 4.78 is 5.01. The molecule has 0 saturated heterocycles. The molecule has 1 N–H and O–H groups in total. The van der Waals surface area contributed by atoms with Crippen molar-refractivity contribution in [1.82, 2.24) is 5.32 Å². The zero-order valence-electron chi connectivity index (χ0n) is 8.52. The molecular weight excluding hydrogens is 166 g/mol. The number of esters is 1. The van der Waals surface area contributed by atoms with Gasteiger partial charge < -0.3 is 10.1 Å². The van der Waals surface area contributed by atoms with Gasteiger partial charge in [-0.1, -0.05) is 6.08 Å². The lowest BCUT2D eigenvalue weighted by molar-refractivity contribution is -0.151. The Morgan fingerprint density at radius 3 is 2.85 bits per heavy atom. The molecule has 0 atom stereocenters. The number of hydrogen-bond donors (Lipinski definition) is 1. The van der Waals surface area contributed by atoms with Gasteiger partial charge in [0.1, 0.15) is 0 Å². The van der Waals surface area contributed by atoms with E-state index in [2.05, 4.69) is 11.4 Å². The van der Waals surface area contributed by atoms with Crippen molar-refractivity contribution >= 4 is 5.97 Å². The van der Waals surface area contributed by atoms with Gasteiger partial charge in [-0.05, 0) is 26.3 Å². The fourth-order valence-electron chi connectivity index (χ4n) is 1.39. The molecule has 0 saturated carbocycles. The average molecular weight is 183 g/mol. The second kappa shape index (κ2) is 3.92. The molecule has 0 aromatic carbocycles. The third kappa shape index (κ3) is 2.10. The molecule has 0 aromatic rings. The second-order valence-electron chi connectivity index (χ2n) is 3.71. The number of hydrogen-bond acceptors (Lipinski definition) is 3. The molecule has 0 aliphatic carbocycles. The standard InChI is InChI=1S/C10H17NO2/c1-4-13-9(12)10(2,3)8-5-6-11-7-8/h5,11H,4,6-7H2,1-3H3. The summed E-state index contributed by atoms with van der Waals surface area (Å²) in [6, 6.07) is 0. The molecule has 13 heavy (non-hydrogen) atoms. The summed E-state index contributed by atoms with van der Waals surface area (Å²) in [5, 5.41) is 3.18. The van der Waals surface area contributed by atoms with Crippen LogP contribution in [0.4, 0.5) is 0 Å². The van der Waals surface area contributed by atoms with Crippen LogP contribution in [0.3, 0.4) is 0 Å². The van der Waals surface area contributed by atoms with E-state index < -0.39 is 5.41 Å². The highest BCUT2D eigenvalue weighted by molar-refractivity contribution is 5.79. The fraction of sp³-hybridized carbons (Fsp3) is 0.700. The summed E-state index contributed by atoms with van der Waals surface area (Å²) >= 11 is 0. The van der Waals surface area contributed by atoms with Crippen LogP contribution in [-0.4, -0.2) is 25.7 Å². The van der Waals surface area contributed by atoms with Gasteiger partial charge in [0.15, 0.2) is 0 Å². The quantitative estimate of drug-likeness (QED) is 0.526. The minimum Gasteiger partial charge on any atom is -0.465 e. The first-order valence-corrected chi connectivity index (χ1v) is 4.66. The van der Waals surface area contributed by atoms with E-state index in [4.69, 9.17) is 4.74 Å². The van der Waals surface area contributed by atoms with E-state index in [1.54, 1.807) is 0 Å². The van der Waals surface area contributed by atoms with Gasteiger partial charge in [0.25, 0.3) is 0 Å². The lowest BCUT2D eigenvalue weighted by Gasteiger charge is -2.23. The highest BCUT2D eigenvalue weighted by Crippen LogP contribution is 2.28. The highest BCUT2D eigenvalue weighted by atomic mass is 16.5. The predicted molar refractivity (Wildman–Crippen MR) is 51.4 cm³/mol. The van der Waals surface area contributed by atoms with Crippen LogP contribution in [0.1, 0.15) is 20.8 Å². The highest BCUT2D eigenvalue weighted by Gasteiger charge is 2.34. The van der Waals surface area contributed by atoms with E-state index in [1.165, 1.54) is 0 Å². The maximum Gasteiger partial charge on any atom is 0.315 e. The van der Waals surface area contributed by atoms with Gasteiger partial charge in [0.2, 0.25) is 0 Å². The number of nitrogens with one attached hydrogen (secondary N) is 1. The maximum atomic E-state index is 11.6. The Kier molecular flexibility index (Phi) is 3.09. The van der Waals surface area contributed by atoms with Crippen LogP contribution >= 0.6 is 0 Å². The summed E-state index contributed by atoms with van der Waals surface area (Å²) in [5.74, 6) is -0.134. The molecule has 1 aliphatic rings. The van der Waals surface area contributed by atoms with E-state index in [9.17, 15) is 4.79 Å². The SMILES string of the molecule is CCOC(=O)C(C)(C)C1=CCNC1. The van der Waals surface area contributed by atoms with Crippen LogP contribution in [0.5, 0.6) is 0 Å². The largest absolute Gasteiger partial charge is 0.465 e. The Bertz CT molecular complexity index is 231. The third-order valence-corrected chi connectivity index (χ3v) is 2.40. The Morgan fingerprint density at radius 2 is 2.38 bits per heavy atom. The Morgan fingerprint density at radius 1 is 1.69 bits per heavy atom. The zero-order chi connectivity index (χ0) is 9.90. The van der Waals surface area contributed by atoms with Crippen molar-refractivity contribution in [2.45, 2.75) is 20.8 Å². The molecule has 0 aromatic heterocycles. The number of carbonyl (C=O) groups is 1. The summed E-state index contributed by atoms with van der Waals surface area (Å²) in [5.41, 5.74) is 0.658. The Labute approximate surface area is 79.2 Å². The average Bonchev–Trinajstić information content (AvgIpc) is 2.56. The molecule has 0 amide bonds. The van der Waals surface area contributed by atoms with E-state index in [0.29, 0.717) is 6.61 Å². The summed E-state index contributed by atoms with van der Waals surface area (Å²) in [6.45, 7) is 7.75.